The molecule has 1 aromatic heterocycles. The molecule has 18 heavy (non-hydrogen) atoms. The molecule has 0 saturated carbocycles. The molecule has 1 heterocycles. The fourth-order valence-corrected chi connectivity index (χ4v) is 1.94. The lowest BCUT2D eigenvalue weighted by molar-refractivity contribution is 0.522. The molecule has 1 aromatic carbocycles. The number of benzene rings is 1. The molecule has 6 heteroatoms. The van der Waals surface area contributed by atoms with Gasteiger partial charge in [-0.15, -0.1) is 0 Å². The van der Waals surface area contributed by atoms with Crippen molar-refractivity contribution < 1.29 is 8.78 Å². The molecule has 0 amide bonds. The highest BCUT2D eigenvalue weighted by atomic mass is 79.9. The minimum absolute atomic E-state index is 0.0509. The number of aromatic nitrogens is 2. The Balaban J connectivity index is 1.88. The van der Waals surface area contributed by atoms with E-state index in [-0.39, 0.29) is 16.6 Å². The van der Waals surface area contributed by atoms with Crippen LogP contribution in [0.4, 0.5) is 8.78 Å². The van der Waals surface area contributed by atoms with Crippen molar-refractivity contribution in [3.63, 3.8) is 0 Å². The van der Waals surface area contributed by atoms with E-state index in [1.54, 1.807) is 12.5 Å². The van der Waals surface area contributed by atoms with Gasteiger partial charge < -0.3 is 9.88 Å². The van der Waals surface area contributed by atoms with Gasteiger partial charge >= 0.3 is 0 Å². The van der Waals surface area contributed by atoms with Crippen molar-refractivity contribution in [2.24, 2.45) is 0 Å². The lowest BCUT2D eigenvalue weighted by Gasteiger charge is -2.08. The molecule has 2 aromatic rings. The van der Waals surface area contributed by atoms with Crippen molar-refractivity contribution in [1.82, 2.24) is 14.9 Å². The molecule has 0 aliphatic heterocycles. The van der Waals surface area contributed by atoms with Gasteiger partial charge in [-0.05, 0) is 28.1 Å². The van der Waals surface area contributed by atoms with Crippen LogP contribution >= 0.6 is 15.9 Å². The van der Waals surface area contributed by atoms with Crippen LogP contribution < -0.4 is 5.32 Å². The van der Waals surface area contributed by atoms with E-state index in [4.69, 9.17) is 0 Å². The van der Waals surface area contributed by atoms with Crippen molar-refractivity contribution in [3.8, 4) is 0 Å². The van der Waals surface area contributed by atoms with E-state index in [1.807, 2.05) is 10.8 Å². The van der Waals surface area contributed by atoms with Crippen LogP contribution in [0, 0.1) is 11.6 Å². The minimum Gasteiger partial charge on any atom is -0.336 e. The Morgan fingerprint density at radius 3 is 2.89 bits per heavy atom. The third-order valence-corrected chi connectivity index (χ3v) is 3.16. The second-order valence-electron chi connectivity index (χ2n) is 3.80. The molecule has 96 valence electrons. The van der Waals surface area contributed by atoms with Gasteiger partial charge in [0.05, 0.1) is 10.8 Å². The van der Waals surface area contributed by atoms with Crippen molar-refractivity contribution in [3.05, 3.63) is 52.5 Å². The summed E-state index contributed by atoms with van der Waals surface area (Å²) in [7, 11) is 0. The number of imidazole rings is 1. The number of rotatable bonds is 5. The van der Waals surface area contributed by atoms with Crippen LogP contribution in [0.25, 0.3) is 0 Å². The summed E-state index contributed by atoms with van der Waals surface area (Å²) in [4.78, 5) is 3.91. The first kappa shape index (κ1) is 13.2. The smallest absolute Gasteiger partial charge is 0.144 e. The topological polar surface area (TPSA) is 29.9 Å². The summed E-state index contributed by atoms with van der Waals surface area (Å²) in [6.45, 7) is 1.48. The van der Waals surface area contributed by atoms with E-state index < -0.39 is 11.6 Å². The van der Waals surface area contributed by atoms with Gasteiger partial charge in [0, 0.05) is 37.6 Å². The minimum atomic E-state index is -0.551. The van der Waals surface area contributed by atoms with Crippen LogP contribution in [-0.4, -0.2) is 16.1 Å². The van der Waals surface area contributed by atoms with Crippen LogP contribution in [0.1, 0.15) is 5.56 Å². The average Bonchev–Trinajstić information content (AvgIpc) is 2.86. The van der Waals surface area contributed by atoms with Crippen molar-refractivity contribution in [1.29, 1.82) is 0 Å². The summed E-state index contributed by atoms with van der Waals surface area (Å²) < 4.78 is 29.2. The zero-order chi connectivity index (χ0) is 13.0. The maximum absolute atomic E-state index is 13.6. The van der Waals surface area contributed by atoms with Gasteiger partial charge in [-0.1, -0.05) is 0 Å². The first-order valence-electron chi connectivity index (χ1n) is 5.47. The molecular weight excluding hydrogens is 304 g/mol. The van der Waals surface area contributed by atoms with E-state index in [9.17, 15) is 8.78 Å². The lowest BCUT2D eigenvalue weighted by atomic mass is 10.2. The SMILES string of the molecule is Fc1ccc(Br)c(F)c1CNCCn1ccnc1. The van der Waals surface area contributed by atoms with Crippen molar-refractivity contribution >= 4 is 15.9 Å². The molecule has 0 aliphatic carbocycles. The fraction of sp³-hybridized carbons (Fsp3) is 0.250. The Kier molecular flexibility index (Phi) is 4.43. The van der Waals surface area contributed by atoms with Crippen LogP contribution in [0.5, 0.6) is 0 Å². The standard InChI is InChI=1S/C12H12BrF2N3/c13-10-1-2-11(14)9(12(10)15)7-16-3-5-18-6-4-17-8-18/h1-2,4,6,8,16H,3,5,7H2. The van der Waals surface area contributed by atoms with Crippen molar-refractivity contribution in [2.75, 3.05) is 6.54 Å². The zero-order valence-electron chi connectivity index (χ0n) is 9.54. The fourth-order valence-electron chi connectivity index (χ4n) is 1.57. The number of nitrogens with one attached hydrogen (secondary N) is 1. The monoisotopic (exact) mass is 315 g/mol. The summed E-state index contributed by atoms with van der Waals surface area (Å²) >= 11 is 3.04. The number of hydrogen-bond donors (Lipinski definition) is 1. The molecule has 0 aliphatic rings. The van der Waals surface area contributed by atoms with Crippen LogP contribution in [-0.2, 0) is 13.1 Å². The number of hydrogen-bond acceptors (Lipinski definition) is 2. The van der Waals surface area contributed by atoms with E-state index in [0.29, 0.717) is 13.1 Å². The maximum atomic E-state index is 13.6. The highest BCUT2D eigenvalue weighted by Gasteiger charge is 2.11. The van der Waals surface area contributed by atoms with Gasteiger partial charge in [0.15, 0.2) is 0 Å². The van der Waals surface area contributed by atoms with Gasteiger partial charge in [0.2, 0.25) is 0 Å². The third-order valence-electron chi connectivity index (χ3n) is 2.55. The first-order chi connectivity index (χ1) is 8.68. The largest absolute Gasteiger partial charge is 0.336 e. The summed E-state index contributed by atoms with van der Waals surface area (Å²) in [5.41, 5.74) is 0.0509. The second-order valence-corrected chi connectivity index (χ2v) is 4.65. The Bertz CT molecular complexity index is 514. The average molecular weight is 316 g/mol. The van der Waals surface area contributed by atoms with Crippen LogP contribution in [0.3, 0.4) is 0 Å². The second kappa shape index (κ2) is 6.06. The van der Waals surface area contributed by atoms with E-state index in [2.05, 4.69) is 26.2 Å². The molecule has 0 unspecified atom stereocenters. The van der Waals surface area contributed by atoms with E-state index in [1.165, 1.54) is 12.1 Å². The quantitative estimate of drug-likeness (QED) is 0.679. The Morgan fingerprint density at radius 2 is 2.17 bits per heavy atom. The molecule has 3 nitrogen and oxygen atoms in total. The predicted molar refractivity (Wildman–Crippen MR) is 68.0 cm³/mol. The van der Waals surface area contributed by atoms with Gasteiger partial charge in [-0.3, -0.25) is 0 Å². The third kappa shape index (κ3) is 3.14. The zero-order valence-corrected chi connectivity index (χ0v) is 11.1. The summed E-state index contributed by atoms with van der Waals surface area (Å²) in [6.07, 6.45) is 5.22. The maximum Gasteiger partial charge on any atom is 0.144 e. The molecule has 2 rings (SSSR count). The predicted octanol–water partition coefficient (Wildman–Crippen LogP) is 2.71. The lowest BCUT2D eigenvalue weighted by Crippen LogP contribution is -2.20. The molecule has 0 atom stereocenters. The summed E-state index contributed by atoms with van der Waals surface area (Å²) in [6, 6.07) is 2.61. The van der Waals surface area contributed by atoms with Gasteiger partial charge in [-0.25, -0.2) is 13.8 Å². The van der Waals surface area contributed by atoms with Gasteiger partial charge in [0.25, 0.3) is 0 Å². The van der Waals surface area contributed by atoms with Crippen LogP contribution in [0.15, 0.2) is 35.3 Å². The Morgan fingerprint density at radius 1 is 1.33 bits per heavy atom. The summed E-state index contributed by atoms with van der Waals surface area (Å²) in [5.74, 6) is -1.09. The molecule has 0 spiro atoms. The molecule has 0 radical (unpaired) electrons. The van der Waals surface area contributed by atoms with Crippen LogP contribution in [0.2, 0.25) is 0 Å². The number of nitrogens with zero attached hydrogens (tertiary/aromatic N) is 2. The number of halogens is 3. The van der Waals surface area contributed by atoms with E-state index in [0.717, 1.165) is 0 Å². The van der Waals surface area contributed by atoms with E-state index >= 15 is 0 Å². The molecule has 0 bridgehead atoms. The molecule has 0 fully saturated rings. The highest BCUT2D eigenvalue weighted by Crippen LogP contribution is 2.21. The summed E-state index contributed by atoms with van der Waals surface area (Å²) in [5, 5.41) is 3.00. The first-order valence-corrected chi connectivity index (χ1v) is 6.26. The van der Waals surface area contributed by atoms with Gasteiger partial charge in [-0.2, -0.15) is 0 Å². The molecule has 0 saturated heterocycles. The molecular formula is C12H12BrF2N3. The normalized spacial score (nSPS) is 10.8. The Hall–Kier alpha value is -1.27. The van der Waals surface area contributed by atoms with Crippen molar-refractivity contribution in [2.45, 2.75) is 13.1 Å². The highest BCUT2D eigenvalue weighted by molar-refractivity contribution is 9.10. The van der Waals surface area contributed by atoms with Gasteiger partial charge in [0.1, 0.15) is 11.6 Å². The Labute approximate surface area is 112 Å². The molecule has 1 N–H and O–H groups in total.